The van der Waals surface area contributed by atoms with Gasteiger partial charge < -0.3 is 5.32 Å². The lowest BCUT2D eigenvalue weighted by atomic mass is 10.4. The molecular formula is C8H11N3S2. The van der Waals surface area contributed by atoms with Crippen LogP contribution < -0.4 is 5.32 Å². The molecule has 5 heteroatoms. The predicted molar refractivity (Wildman–Crippen MR) is 56.9 cm³/mol. The summed E-state index contributed by atoms with van der Waals surface area (Å²) in [5.41, 5.74) is 1.74. The second-order valence-electron chi connectivity index (χ2n) is 2.47. The summed E-state index contributed by atoms with van der Waals surface area (Å²) in [6.45, 7) is 3.66. The van der Waals surface area contributed by atoms with Gasteiger partial charge in [-0.3, -0.25) is 0 Å². The molecule has 0 fully saturated rings. The van der Waals surface area contributed by atoms with Crippen LogP contribution in [0.3, 0.4) is 0 Å². The number of nitrogens with one attached hydrogen (secondary N) is 1. The fourth-order valence-electron chi connectivity index (χ4n) is 0.776. The molecule has 3 nitrogen and oxygen atoms in total. The molecule has 0 aliphatic heterocycles. The number of thioether (sulfide) groups is 1. The van der Waals surface area contributed by atoms with Crippen molar-refractivity contribution in [1.29, 1.82) is 0 Å². The molecule has 0 radical (unpaired) electrons. The molecule has 1 rings (SSSR count). The van der Waals surface area contributed by atoms with Crippen LogP contribution in [-0.2, 0) is 0 Å². The second-order valence-corrected chi connectivity index (χ2v) is 4.99. The lowest BCUT2D eigenvalue weighted by Crippen LogP contribution is -2.22. The Labute approximate surface area is 86.3 Å². The Morgan fingerprint density at radius 2 is 2.69 bits per heavy atom. The molecule has 1 heterocycles. The molecule has 13 heavy (non-hydrogen) atoms. The summed E-state index contributed by atoms with van der Waals surface area (Å²) in [6, 6.07) is 0. The third-order valence-corrected chi connectivity index (χ3v) is 3.21. The van der Waals surface area contributed by atoms with E-state index in [1.807, 2.05) is 0 Å². The first-order chi connectivity index (χ1) is 6.33. The quantitative estimate of drug-likeness (QED) is 0.454. The molecule has 1 aromatic rings. The third-order valence-electron chi connectivity index (χ3n) is 1.30. The van der Waals surface area contributed by atoms with Crippen molar-refractivity contribution >= 4 is 23.1 Å². The molecule has 1 atom stereocenters. The van der Waals surface area contributed by atoms with Gasteiger partial charge in [0.1, 0.15) is 5.51 Å². The molecule has 0 aliphatic rings. The zero-order valence-electron chi connectivity index (χ0n) is 7.36. The Morgan fingerprint density at radius 3 is 3.31 bits per heavy atom. The molecule has 1 N–H and O–H groups in total. The molecule has 0 saturated heterocycles. The zero-order valence-corrected chi connectivity index (χ0v) is 8.99. The highest BCUT2D eigenvalue weighted by Gasteiger charge is 2.05. The Bertz CT molecular complexity index is 265. The van der Waals surface area contributed by atoms with Crippen molar-refractivity contribution in [3.8, 4) is 12.3 Å². The third kappa shape index (κ3) is 4.27. The van der Waals surface area contributed by atoms with Crippen LogP contribution in [0.1, 0.15) is 6.92 Å². The van der Waals surface area contributed by atoms with Gasteiger partial charge in [0.2, 0.25) is 0 Å². The van der Waals surface area contributed by atoms with Crippen molar-refractivity contribution < 1.29 is 0 Å². The average Bonchev–Trinajstić information content (AvgIpc) is 2.57. The van der Waals surface area contributed by atoms with Crippen molar-refractivity contribution in [2.24, 2.45) is 0 Å². The number of aromatic nitrogens is 2. The summed E-state index contributed by atoms with van der Waals surface area (Å²) in [5.74, 6) is 2.54. The van der Waals surface area contributed by atoms with Crippen LogP contribution in [0.25, 0.3) is 0 Å². The van der Waals surface area contributed by atoms with Crippen LogP contribution in [0.2, 0.25) is 0 Å². The largest absolute Gasteiger partial charge is 0.305 e. The van der Waals surface area contributed by atoms with Gasteiger partial charge in [-0.1, -0.05) is 35.9 Å². The van der Waals surface area contributed by atoms with E-state index >= 15 is 0 Å². The minimum atomic E-state index is 0.473. The molecule has 0 saturated carbocycles. The first kappa shape index (κ1) is 10.5. The van der Waals surface area contributed by atoms with Gasteiger partial charge in [0.05, 0.1) is 6.54 Å². The van der Waals surface area contributed by atoms with Crippen molar-refractivity contribution in [2.75, 3.05) is 13.1 Å². The number of nitrogens with zero attached hydrogens (tertiary/aromatic N) is 2. The van der Waals surface area contributed by atoms with E-state index in [2.05, 4.69) is 28.4 Å². The Hall–Kier alpha value is -0.570. The maximum atomic E-state index is 5.11. The standard InChI is InChI=1S/C8H11N3S2/c1-3-4-9-5-7(2)13-8-11-10-6-12-8/h1,6-7,9H,4-5H2,2H3. The summed E-state index contributed by atoms with van der Waals surface area (Å²) >= 11 is 3.28. The van der Waals surface area contributed by atoms with E-state index < -0.39 is 0 Å². The van der Waals surface area contributed by atoms with E-state index in [-0.39, 0.29) is 0 Å². The van der Waals surface area contributed by atoms with Crippen LogP contribution in [0, 0.1) is 12.3 Å². The van der Waals surface area contributed by atoms with Crippen LogP contribution in [0.4, 0.5) is 0 Å². The van der Waals surface area contributed by atoms with E-state index in [1.165, 1.54) is 0 Å². The molecular weight excluding hydrogens is 202 g/mol. The number of terminal acetylenes is 1. The van der Waals surface area contributed by atoms with Gasteiger partial charge in [-0.05, 0) is 0 Å². The predicted octanol–water partition coefficient (Wildman–Crippen LogP) is 1.24. The second kappa shape index (κ2) is 5.97. The average molecular weight is 213 g/mol. The Balaban J connectivity index is 2.19. The maximum Gasteiger partial charge on any atom is 0.174 e. The summed E-state index contributed by atoms with van der Waals surface area (Å²) in [4.78, 5) is 0. The lowest BCUT2D eigenvalue weighted by molar-refractivity contribution is 0.747. The zero-order chi connectivity index (χ0) is 9.52. The van der Waals surface area contributed by atoms with Gasteiger partial charge in [0, 0.05) is 11.8 Å². The molecule has 0 amide bonds. The fraction of sp³-hybridized carbons (Fsp3) is 0.500. The molecule has 0 bridgehead atoms. The number of rotatable bonds is 5. The van der Waals surface area contributed by atoms with Crippen LogP contribution in [0.5, 0.6) is 0 Å². The minimum Gasteiger partial charge on any atom is -0.305 e. The summed E-state index contributed by atoms with van der Waals surface area (Å²) in [5, 5.41) is 11.3. The van der Waals surface area contributed by atoms with E-state index in [4.69, 9.17) is 6.42 Å². The maximum absolute atomic E-state index is 5.11. The van der Waals surface area contributed by atoms with E-state index in [0.717, 1.165) is 10.9 Å². The van der Waals surface area contributed by atoms with E-state index in [0.29, 0.717) is 11.8 Å². The van der Waals surface area contributed by atoms with Gasteiger partial charge >= 0.3 is 0 Å². The monoisotopic (exact) mass is 213 g/mol. The molecule has 0 aromatic carbocycles. The molecule has 1 aromatic heterocycles. The van der Waals surface area contributed by atoms with Gasteiger partial charge in [-0.25, -0.2) is 0 Å². The summed E-state index contributed by atoms with van der Waals surface area (Å²) in [7, 11) is 0. The highest BCUT2D eigenvalue weighted by molar-refractivity contribution is 8.01. The first-order valence-electron chi connectivity index (χ1n) is 3.90. The number of hydrogen-bond donors (Lipinski definition) is 1. The topological polar surface area (TPSA) is 37.8 Å². The SMILES string of the molecule is C#CCNCC(C)Sc1nncs1. The Kier molecular flexibility index (Phi) is 4.83. The van der Waals surface area contributed by atoms with Gasteiger partial charge in [-0.15, -0.1) is 16.6 Å². The van der Waals surface area contributed by atoms with Crippen molar-refractivity contribution in [3.05, 3.63) is 5.51 Å². The lowest BCUT2D eigenvalue weighted by Gasteiger charge is -2.07. The Morgan fingerprint density at radius 1 is 1.85 bits per heavy atom. The summed E-state index contributed by atoms with van der Waals surface area (Å²) in [6.07, 6.45) is 5.11. The first-order valence-corrected chi connectivity index (χ1v) is 5.66. The molecule has 70 valence electrons. The number of hydrogen-bond acceptors (Lipinski definition) is 5. The van der Waals surface area contributed by atoms with Crippen LogP contribution in [-0.4, -0.2) is 28.5 Å². The van der Waals surface area contributed by atoms with E-state index in [1.54, 1.807) is 28.6 Å². The molecule has 0 aliphatic carbocycles. The van der Waals surface area contributed by atoms with Crippen molar-refractivity contribution in [2.45, 2.75) is 16.5 Å². The van der Waals surface area contributed by atoms with Gasteiger partial charge in [0.15, 0.2) is 4.34 Å². The minimum absolute atomic E-state index is 0.473. The van der Waals surface area contributed by atoms with Crippen LogP contribution in [0.15, 0.2) is 9.85 Å². The van der Waals surface area contributed by atoms with Crippen LogP contribution >= 0.6 is 23.1 Å². The van der Waals surface area contributed by atoms with Crippen molar-refractivity contribution in [3.63, 3.8) is 0 Å². The molecule has 1 unspecified atom stereocenters. The summed E-state index contributed by atoms with van der Waals surface area (Å²) < 4.78 is 1.01. The highest BCUT2D eigenvalue weighted by atomic mass is 32.2. The van der Waals surface area contributed by atoms with Gasteiger partial charge in [0.25, 0.3) is 0 Å². The highest BCUT2D eigenvalue weighted by Crippen LogP contribution is 2.23. The van der Waals surface area contributed by atoms with Gasteiger partial charge in [-0.2, -0.15) is 0 Å². The van der Waals surface area contributed by atoms with Crippen molar-refractivity contribution in [1.82, 2.24) is 15.5 Å². The molecule has 0 spiro atoms. The smallest absolute Gasteiger partial charge is 0.174 e. The van der Waals surface area contributed by atoms with E-state index in [9.17, 15) is 0 Å². The normalized spacial score (nSPS) is 12.3. The fourth-order valence-corrected chi connectivity index (χ4v) is 2.54.